The van der Waals surface area contributed by atoms with Gasteiger partial charge < -0.3 is 9.88 Å². The number of aryl methyl sites for hydroxylation is 1. The maximum absolute atomic E-state index is 10.3. The van der Waals surface area contributed by atoms with E-state index < -0.39 is 0 Å². The second-order valence-electron chi connectivity index (χ2n) is 7.11. The van der Waals surface area contributed by atoms with Crippen LogP contribution in [-0.2, 0) is 17.8 Å². The number of rotatable bonds is 8. The summed E-state index contributed by atoms with van der Waals surface area (Å²) in [6, 6.07) is 0. The highest BCUT2D eigenvalue weighted by Crippen LogP contribution is 2.19. The second-order valence-corrected chi connectivity index (χ2v) is 7.11. The molecule has 1 N–H and O–H groups in total. The van der Waals surface area contributed by atoms with Gasteiger partial charge in [0.25, 0.3) is 0 Å². The number of imidazole rings is 1. The zero-order chi connectivity index (χ0) is 15.9. The molecule has 1 atom stereocenters. The van der Waals surface area contributed by atoms with Gasteiger partial charge in [-0.05, 0) is 24.7 Å². The van der Waals surface area contributed by atoms with E-state index >= 15 is 0 Å². The highest BCUT2D eigenvalue weighted by atomic mass is 16.1. The average molecular weight is 291 g/mol. The number of carbonyl (C=O) groups is 1. The Morgan fingerprint density at radius 2 is 2.19 bits per heavy atom. The summed E-state index contributed by atoms with van der Waals surface area (Å²) in [7, 11) is 0. The molecule has 1 heterocycles. The number of hydrogen-bond donors (Lipinski definition) is 1. The molecule has 0 saturated heterocycles. The Morgan fingerprint density at radius 3 is 2.81 bits per heavy atom. The van der Waals surface area contributed by atoms with Crippen LogP contribution in [0.3, 0.4) is 0 Å². The molecular formula is C17H29N3O. The van der Waals surface area contributed by atoms with Crippen LogP contribution >= 0.6 is 0 Å². The Hall–Kier alpha value is -1.58. The van der Waals surface area contributed by atoms with E-state index in [9.17, 15) is 4.79 Å². The Bertz CT molecular complexity index is 469. The number of carbonyl (C=O) groups excluding carboxylic acids is 1. The number of nitrogens with one attached hydrogen (secondary N) is 1. The first kappa shape index (κ1) is 17.5. The largest absolute Gasteiger partial charge is 0.358 e. The first-order valence-electron chi connectivity index (χ1n) is 7.65. The van der Waals surface area contributed by atoms with E-state index in [1.54, 1.807) is 0 Å². The third-order valence-corrected chi connectivity index (χ3v) is 3.36. The number of allylic oxidation sites excluding steroid dienone is 1. The molecule has 0 radical (unpaired) electrons. The van der Waals surface area contributed by atoms with E-state index in [-0.39, 0.29) is 0 Å². The first-order valence-corrected chi connectivity index (χ1v) is 7.65. The maximum Gasteiger partial charge on any atom is 0.207 e. The van der Waals surface area contributed by atoms with Crippen LogP contribution in [0.5, 0.6) is 0 Å². The molecule has 1 aromatic heterocycles. The van der Waals surface area contributed by atoms with Gasteiger partial charge in [0.2, 0.25) is 6.41 Å². The Balaban J connectivity index is 2.49. The zero-order valence-corrected chi connectivity index (χ0v) is 14.0. The molecular weight excluding hydrogens is 262 g/mol. The molecule has 4 heteroatoms. The summed E-state index contributed by atoms with van der Waals surface area (Å²) in [5.74, 6) is 0.346. The molecule has 0 saturated carbocycles. The fourth-order valence-corrected chi connectivity index (χ4v) is 2.21. The van der Waals surface area contributed by atoms with E-state index in [4.69, 9.17) is 0 Å². The van der Waals surface area contributed by atoms with Crippen molar-refractivity contribution in [2.75, 3.05) is 6.54 Å². The van der Waals surface area contributed by atoms with Gasteiger partial charge in [-0.3, -0.25) is 4.79 Å². The lowest BCUT2D eigenvalue weighted by molar-refractivity contribution is -0.109. The fourth-order valence-electron chi connectivity index (χ4n) is 2.21. The van der Waals surface area contributed by atoms with Crippen molar-refractivity contribution in [3.05, 3.63) is 29.9 Å². The highest BCUT2D eigenvalue weighted by molar-refractivity contribution is 5.45. The number of nitrogens with zero attached hydrogens (tertiary/aromatic N) is 2. The molecule has 0 fully saturated rings. The third-order valence-electron chi connectivity index (χ3n) is 3.36. The van der Waals surface area contributed by atoms with Gasteiger partial charge in [-0.25, -0.2) is 4.98 Å². The van der Waals surface area contributed by atoms with Crippen LogP contribution in [0.2, 0.25) is 0 Å². The SMILES string of the molecule is C/C(=C\C(C)CNC=O)Cc1cn(CCC(C)(C)C)cn1. The van der Waals surface area contributed by atoms with Crippen molar-refractivity contribution in [2.24, 2.45) is 11.3 Å². The van der Waals surface area contributed by atoms with Crippen molar-refractivity contribution >= 4 is 6.41 Å². The third kappa shape index (κ3) is 7.69. The zero-order valence-electron chi connectivity index (χ0n) is 14.0. The van der Waals surface area contributed by atoms with Gasteiger partial charge in [0, 0.05) is 25.7 Å². The van der Waals surface area contributed by atoms with E-state index in [0.29, 0.717) is 17.9 Å². The fraction of sp³-hybridized carbons (Fsp3) is 0.647. The minimum Gasteiger partial charge on any atom is -0.358 e. The van der Waals surface area contributed by atoms with Crippen LogP contribution in [0.25, 0.3) is 0 Å². The molecule has 1 unspecified atom stereocenters. The summed E-state index contributed by atoms with van der Waals surface area (Å²) in [5.41, 5.74) is 2.74. The van der Waals surface area contributed by atoms with Gasteiger partial charge in [0.05, 0.1) is 12.0 Å². The lowest BCUT2D eigenvalue weighted by Crippen LogP contribution is -2.18. The van der Waals surface area contributed by atoms with Crippen molar-refractivity contribution in [2.45, 2.75) is 54.0 Å². The normalized spacial score (nSPS) is 14.0. The summed E-state index contributed by atoms with van der Waals surface area (Å²) in [6.07, 6.45) is 9.02. The van der Waals surface area contributed by atoms with Crippen LogP contribution in [0.1, 0.15) is 46.7 Å². The molecule has 1 amide bonds. The topological polar surface area (TPSA) is 46.9 Å². The molecule has 0 aliphatic heterocycles. The van der Waals surface area contributed by atoms with Gasteiger partial charge >= 0.3 is 0 Å². The standard InChI is InChI=1S/C17H29N3O/c1-14(8-15(2)10-18-13-21)9-16-11-20(12-19-16)7-6-17(3,4)5/h8,11-13,15H,6-7,9-10H2,1-5H3,(H,18,21)/b14-8+. The Morgan fingerprint density at radius 1 is 1.48 bits per heavy atom. The monoisotopic (exact) mass is 291 g/mol. The summed E-state index contributed by atoms with van der Waals surface area (Å²) in [5, 5.41) is 2.71. The van der Waals surface area contributed by atoms with Gasteiger partial charge in [-0.2, -0.15) is 0 Å². The van der Waals surface area contributed by atoms with Crippen molar-refractivity contribution in [1.29, 1.82) is 0 Å². The van der Waals surface area contributed by atoms with Crippen LogP contribution < -0.4 is 5.32 Å². The van der Waals surface area contributed by atoms with Crippen molar-refractivity contribution in [3.63, 3.8) is 0 Å². The molecule has 0 aromatic carbocycles. The molecule has 118 valence electrons. The molecule has 0 aliphatic carbocycles. The molecule has 1 rings (SSSR count). The van der Waals surface area contributed by atoms with Crippen molar-refractivity contribution in [1.82, 2.24) is 14.9 Å². The maximum atomic E-state index is 10.3. The molecule has 21 heavy (non-hydrogen) atoms. The lowest BCUT2D eigenvalue weighted by Gasteiger charge is -2.17. The molecule has 0 aliphatic rings. The molecule has 0 spiro atoms. The average Bonchev–Trinajstić information content (AvgIpc) is 2.80. The minimum absolute atomic E-state index is 0.346. The van der Waals surface area contributed by atoms with Crippen LogP contribution in [0.15, 0.2) is 24.2 Å². The van der Waals surface area contributed by atoms with E-state index in [1.165, 1.54) is 5.57 Å². The van der Waals surface area contributed by atoms with Gasteiger partial charge in [-0.1, -0.05) is 39.3 Å². The molecule has 1 aromatic rings. The van der Waals surface area contributed by atoms with Gasteiger partial charge in [0.15, 0.2) is 0 Å². The lowest BCUT2D eigenvalue weighted by atomic mass is 9.92. The van der Waals surface area contributed by atoms with E-state index in [2.05, 4.69) is 61.8 Å². The van der Waals surface area contributed by atoms with Crippen LogP contribution in [0, 0.1) is 11.3 Å². The summed E-state index contributed by atoms with van der Waals surface area (Å²) in [4.78, 5) is 14.8. The quantitative estimate of drug-likeness (QED) is 0.590. The van der Waals surface area contributed by atoms with Gasteiger partial charge in [-0.15, -0.1) is 0 Å². The predicted octanol–water partition coefficient (Wildman–Crippen LogP) is 3.19. The minimum atomic E-state index is 0.346. The smallest absolute Gasteiger partial charge is 0.207 e. The van der Waals surface area contributed by atoms with Crippen molar-refractivity contribution < 1.29 is 4.79 Å². The van der Waals surface area contributed by atoms with Crippen LogP contribution in [-0.4, -0.2) is 22.5 Å². The summed E-state index contributed by atoms with van der Waals surface area (Å²) in [6.45, 7) is 12.7. The van der Waals surface area contributed by atoms with Crippen LogP contribution in [0.4, 0.5) is 0 Å². The predicted molar refractivity (Wildman–Crippen MR) is 87.0 cm³/mol. The first-order chi connectivity index (χ1) is 9.80. The second kappa shape index (κ2) is 8.01. The molecule has 4 nitrogen and oxygen atoms in total. The van der Waals surface area contributed by atoms with Crippen molar-refractivity contribution in [3.8, 4) is 0 Å². The Kier molecular flexibility index (Phi) is 6.66. The van der Waals surface area contributed by atoms with E-state index in [1.807, 2.05) is 6.33 Å². The Labute approximate surface area is 128 Å². The number of hydrogen-bond acceptors (Lipinski definition) is 2. The van der Waals surface area contributed by atoms with Gasteiger partial charge in [0.1, 0.15) is 0 Å². The highest BCUT2D eigenvalue weighted by Gasteiger charge is 2.10. The molecule has 0 bridgehead atoms. The summed E-state index contributed by atoms with van der Waals surface area (Å²) >= 11 is 0. The summed E-state index contributed by atoms with van der Waals surface area (Å²) < 4.78 is 2.17. The number of amides is 1. The van der Waals surface area contributed by atoms with E-state index in [0.717, 1.165) is 31.5 Å². The number of aromatic nitrogens is 2.